The van der Waals surface area contributed by atoms with Crippen LogP contribution >= 0.6 is 0 Å². The summed E-state index contributed by atoms with van der Waals surface area (Å²) in [5.41, 5.74) is 0.666. The number of ether oxygens (including phenoxy) is 4. The second-order valence-corrected chi connectivity index (χ2v) is 7.91. The Labute approximate surface area is 183 Å². The van der Waals surface area contributed by atoms with E-state index in [2.05, 4.69) is 0 Å². The molecule has 1 aliphatic heterocycles. The fraction of sp³-hybridized carbons (Fsp3) is 0.565. The summed E-state index contributed by atoms with van der Waals surface area (Å²) in [5.74, 6) is -0.566. The number of benzene rings is 1. The number of carbonyl (C=O) groups is 2. The maximum Gasteiger partial charge on any atom is 0.290 e. The van der Waals surface area contributed by atoms with Gasteiger partial charge in [-0.1, -0.05) is 13.8 Å². The first-order chi connectivity index (χ1) is 14.7. The van der Waals surface area contributed by atoms with Crippen LogP contribution in [0.3, 0.4) is 0 Å². The van der Waals surface area contributed by atoms with Crippen molar-refractivity contribution in [3.05, 3.63) is 29.0 Å². The monoisotopic (exact) mass is 435 g/mol. The van der Waals surface area contributed by atoms with E-state index in [1.807, 2.05) is 13.8 Å². The molecule has 0 fully saturated rings. The molecule has 0 radical (unpaired) electrons. The molecule has 0 spiro atoms. The predicted molar refractivity (Wildman–Crippen MR) is 116 cm³/mol. The Morgan fingerprint density at radius 2 is 1.65 bits per heavy atom. The van der Waals surface area contributed by atoms with Crippen molar-refractivity contribution in [1.29, 1.82) is 0 Å². The molecule has 1 aromatic rings. The molecule has 1 unspecified atom stereocenters. The molecule has 1 aromatic carbocycles. The number of Topliss-reactive ketones (excluding diaryl/α,β-unsaturated/α-hetero) is 1. The molecule has 1 N–H and O–H groups in total. The summed E-state index contributed by atoms with van der Waals surface area (Å²) in [4.78, 5) is 27.4. The third kappa shape index (κ3) is 5.12. The van der Waals surface area contributed by atoms with E-state index in [-0.39, 0.29) is 17.5 Å². The third-order valence-electron chi connectivity index (χ3n) is 5.09. The molecule has 1 atom stereocenters. The Hall–Kier alpha value is -2.74. The first-order valence-electron chi connectivity index (χ1n) is 10.4. The van der Waals surface area contributed by atoms with E-state index in [4.69, 9.17) is 18.9 Å². The molecule has 8 nitrogen and oxygen atoms in total. The van der Waals surface area contributed by atoms with Gasteiger partial charge >= 0.3 is 0 Å². The lowest BCUT2D eigenvalue weighted by Gasteiger charge is -2.28. The molecule has 31 heavy (non-hydrogen) atoms. The fourth-order valence-corrected chi connectivity index (χ4v) is 3.61. The van der Waals surface area contributed by atoms with Crippen LogP contribution in [0.15, 0.2) is 23.5 Å². The van der Waals surface area contributed by atoms with Crippen LogP contribution in [0.2, 0.25) is 0 Å². The highest BCUT2D eigenvalue weighted by Crippen LogP contribution is 2.45. The molecule has 0 aromatic heterocycles. The number of aliphatic hydroxyl groups excluding tert-OH is 1. The summed E-state index contributed by atoms with van der Waals surface area (Å²) < 4.78 is 21.9. The van der Waals surface area contributed by atoms with E-state index < -0.39 is 23.6 Å². The van der Waals surface area contributed by atoms with Gasteiger partial charge < -0.3 is 29.0 Å². The average Bonchev–Trinajstić information content (AvgIpc) is 2.99. The minimum absolute atomic E-state index is 0.0739. The van der Waals surface area contributed by atoms with Gasteiger partial charge in [-0.2, -0.15) is 0 Å². The van der Waals surface area contributed by atoms with Crippen LogP contribution in [0.25, 0.3) is 0 Å². The van der Waals surface area contributed by atoms with Crippen molar-refractivity contribution in [2.75, 3.05) is 34.5 Å². The highest BCUT2D eigenvalue weighted by molar-refractivity contribution is 6.09. The highest BCUT2D eigenvalue weighted by Gasteiger charge is 2.44. The number of ketones is 1. The van der Waals surface area contributed by atoms with Crippen molar-refractivity contribution in [2.45, 2.75) is 46.3 Å². The number of amides is 1. The second-order valence-electron chi connectivity index (χ2n) is 7.91. The quantitative estimate of drug-likeness (QED) is 0.532. The number of hydrogen-bond acceptors (Lipinski definition) is 7. The Kier molecular flexibility index (Phi) is 8.33. The van der Waals surface area contributed by atoms with E-state index in [0.717, 1.165) is 0 Å². The number of hydrogen-bond donors (Lipinski definition) is 1. The highest BCUT2D eigenvalue weighted by atomic mass is 16.5. The number of carbonyl (C=O) groups excluding carboxylic acids is 2. The molecule has 1 amide bonds. The molecule has 1 aliphatic rings. The Bertz CT molecular complexity index is 819. The van der Waals surface area contributed by atoms with Gasteiger partial charge in [-0.3, -0.25) is 9.59 Å². The average molecular weight is 436 g/mol. The van der Waals surface area contributed by atoms with E-state index in [9.17, 15) is 14.7 Å². The normalized spacial score (nSPS) is 16.5. The van der Waals surface area contributed by atoms with Crippen LogP contribution in [0.5, 0.6) is 17.2 Å². The van der Waals surface area contributed by atoms with Gasteiger partial charge in [0.15, 0.2) is 23.0 Å². The Morgan fingerprint density at radius 1 is 1.06 bits per heavy atom. The topological polar surface area (TPSA) is 94.5 Å². The van der Waals surface area contributed by atoms with E-state index in [1.165, 1.54) is 26.2 Å². The SMILES string of the molecule is COc1cc(C2C(C(=O)C(C)C)=C(O)C(=O)N2CCCOC(C)C)cc(OC)c1OC. The van der Waals surface area contributed by atoms with Crippen molar-refractivity contribution >= 4 is 11.7 Å². The van der Waals surface area contributed by atoms with Crippen LogP contribution < -0.4 is 14.2 Å². The largest absolute Gasteiger partial charge is 0.503 e. The maximum absolute atomic E-state index is 13.0. The first-order valence-corrected chi connectivity index (χ1v) is 10.4. The Morgan fingerprint density at radius 3 is 2.10 bits per heavy atom. The molecular formula is C23H33NO7. The van der Waals surface area contributed by atoms with Gasteiger partial charge in [0.1, 0.15) is 0 Å². The Balaban J connectivity index is 2.55. The summed E-state index contributed by atoms with van der Waals surface area (Å²) in [6.45, 7) is 8.11. The van der Waals surface area contributed by atoms with Gasteiger partial charge in [-0.15, -0.1) is 0 Å². The van der Waals surface area contributed by atoms with Crippen LogP contribution in [0, 0.1) is 5.92 Å². The van der Waals surface area contributed by atoms with Crippen LogP contribution in [0.4, 0.5) is 0 Å². The molecule has 1 heterocycles. The van der Waals surface area contributed by atoms with Gasteiger partial charge in [0.2, 0.25) is 5.75 Å². The standard InChI is InChI=1S/C23H33NO7/c1-13(2)20(25)18-19(15-11-16(28-5)22(30-7)17(12-15)29-6)24(23(27)21(18)26)9-8-10-31-14(3)4/h11-14,19,26H,8-10H2,1-7H3. The lowest BCUT2D eigenvalue weighted by molar-refractivity contribution is -0.129. The van der Waals surface area contributed by atoms with Gasteiger partial charge in [0, 0.05) is 19.1 Å². The molecule has 2 rings (SSSR count). The maximum atomic E-state index is 13.0. The summed E-state index contributed by atoms with van der Waals surface area (Å²) in [6, 6.07) is 2.63. The molecular weight excluding hydrogens is 402 g/mol. The summed E-state index contributed by atoms with van der Waals surface area (Å²) in [5, 5.41) is 10.6. The van der Waals surface area contributed by atoms with Gasteiger partial charge in [-0.05, 0) is 38.0 Å². The molecule has 0 bridgehead atoms. The first kappa shape index (κ1) is 24.5. The van der Waals surface area contributed by atoms with E-state index in [0.29, 0.717) is 42.4 Å². The number of aliphatic hydroxyl groups is 1. The lowest BCUT2D eigenvalue weighted by atomic mass is 9.91. The lowest BCUT2D eigenvalue weighted by Crippen LogP contribution is -2.33. The summed E-state index contributed by atoms with van der Waals surface area (Å²) in [7, 11) is 4.49. The minimum atomic E-state index is -0.768. The van der Waals surface area contributed by atoms with Crippen molar-refractivity contribution < 1.29 is 33.6 Å². The minimum Gasteiger partial charge on any atom is -0.503 e. The van der Waals surface area contributed by atoms with Gasteiger partial charge in [0.25, 0.3) is 5.91 Å². The van der Waals surface area contributed by atoms with Gasteiger partial charge in [-0.25, -0.2) is 0 Å². The number of nitrogens with zero attached hydrogens (tertiary/aromatic N) is 1. The number of rotatable bonds is 11. The van der Waals surface area contributed by atoms with Crippen molar-refractivity contribution in [3.8, 4) is 17.2 Å². The zero-order valence-electron chi connectivity index (χ0n) is 19.4. The van der Waals surface area contributed by atoms with E-state index >= 15 is 0 Å². The smallest absolute Gasteiger partial charge is 0.290 e. The van der Waals surface area contributed by atoms with Crippen molar-refractivity contribution in [1.82, 2.24) is 4.90 Å². The van der Waals surface area contributed by atoms with E-state index in [1.54, 1.807) is 26.0 Å². The molecule has 0 saturated carbocycles. The zero-order chi connectivity index (χ0) is 23.3. The van der Waals surface area contributed by atoms with Crippen LogP contribution in [-0.2, 0) is 14.3 Å². The predicted octanol–water partition coefficient (Wildman–Crippen LogP) is 3.45. The molecule has 0 saturated heterocycles. The second kappa shape index (κ2) is 10.5. The number of methoxy groups -OCH3 is 3. The van der Waals surface area contributed by atoms with Crippen molar-refractivity contribution in [2.24, 2.45) is 5.92 Å². The van der Waals surface area contributed by atoms with Crippen molar-refractivity contribution in [3.63, 3.8) is 0 Å². The van der Waals surface area contributed by atoms with Crippen LogP contribution in [0.1, 0.15) is 45.7 Å². The summed E-state index contributed by atoms with van der Waals surface area (Å²) >= 11 is 0. The summed E-state index contributed by atoms with van der Waals surface area (Å²) in [6.07, 6.45) is 0.631. The fourth-order valence-electron chi connectivity index (χ4n) is 3.61. The third-order valence-corrected chi connectivity index (χ3v) is 5.09. The molecule has 8 heteroatoms. The molecule has 0 aliphatic carbocycles. The zero-order valence-corrected chi connectivity index (χ0v) is 19.4. The van der Waals surface area contributed by atoms with Gasteiger partial charge in [0.05, 0.1) is 39.0 Å². The molecule has 172 valence electrons. The van der Waals surface area contributed by atoms with Crippen LogP contribution in [-0.4, -0.2) is 62.3 Å².